The number of hydrogen-bond acceptors (Lipinski definition) is 6. The summed E-state index contributed by atoms with van der Waals surface area (Å²) in [6, 6.07) is 20.6. The molecular formula is C33H42N6. The Balaban J connectivity index is 2.01. The number of benzene rings is 2. The van der Waals surface area contributed by atoms with Crippen LogP contribution in [0.25, 0.3) is 5.57 Å². The van der Waals surface area contributed by atoms with Gasteiger partial charge in [0.25, 0.3) is 0 Å². The summed E-state index contributed by atoms with van der Waals surface area (Å²) in [6.07, 6.45) is 15.6. The maximum atomic E-state index is 9.32. The molecule has 0 saturated heterocycles. The molecular weight excluding hydrogens is 480 g/mol. The van der Waals surface area contributed by atoms with E-state index in [0.29, 0.717) is 11.3 Å². The lowest BCUT2D eigenvalue weighted by Crippen LogP contribution is -2.25. The van der Waals surface area contributed by atoms with Gasteiger partial charge in [-0.25, -0.2) is 0 Å². The summed E-state index contributed by atoms with van der Waals surface area (Å²) < 4.78 is 0. The normalized spacial score (nSPS) is 10.5. The van der Waals surface area contributed by atoms with Crippen molar-refractivity contribution in [1.29, 1.82) is 15.8 Å². The molecule has 0 bridgehead atoms. The lowest BCUT2D eigenvalue weighted by atomic mass is 10.0. The van der Waals surface area contributed by atoms with Gasteiger partial charge in [0.15, 0.2) is 0 Å². The number of nitrogens with zero attached hydrogens (tertiary/aromatic N) is 6. The summed E-state index contributed by atoms with van der Waals surface area (Å²) in [7, 11) is 0. The molecule has 204 valence electrons. The van der Waals surface area contributed by atoms with Crippen LogP contribution in [0.15, 0.2) is 64.3 Å². The molecule has 0 N–H and O–H groups in total. The summed E-state index contributed by atoms with van der Waals surface area (Å²) in [6.45, 7) is 6.70. The topological polar surface area (TPSA) is 99.3 Å². The van der Waals surface area contributed by atoms with E-state index in [0.717, 1.165) is 18.8 Å². The zero-order valence-corrected chi connectivity index (χ0v) is 23.7. The molecule has 2 aromatic carbocycles. The number of hydrogen-bond donors (Lipinski definition) is 0. The molecule has 0 radical (unpaired) electrons. The molecule has 39 heavy (non-hydrogen) atoms. The van der Waals surface area contributed by atoms with E-state index < -0.39 is 0 Å². The molecule has 6 heteroatoms. The summed E-state index contributed by atoms with van der Waals surface area (Å²) in [5.41, 5.74) is 3.01. The van der Waals surface area contributed by atoms with E-state index in [-0.39, 0.29) is 11.1 Å². The standard InChI is InChI=1S/C33H42N6/c1-3-5-7-9-11-13-23-39(24-14-12-10-8-6-4-2)32-21-19-31(20-22-32)38-37-30-17-15-28(16-18-30)33(27-36)29(25-34)26-35/h15-22H,3-14,23-24H2,1-2H3. The van der Waals surface area contributed by atoms with Crippen molar-refractivity contribution in [2.45, 2.75) is 90.9 Å². The summed E-state index contributed by atoms with van der Waals surface area (Å²) in [4.78, 5) is 2.52. The molecule has 0 aliphatic heterocycles. The van der Waals surface area contributed by atoms with Crippen molar-refractivity contribution in [3.05, 3.63) is 59.7 Å². The van der Waals surface area contributed by atoms with Gasteiger partial charge in [0.1, 0.15) is 23.8 Å². The van der Waals surface area contributed by atoms with Crippen LogP contribution >= 0.6 is 0 Å². The van der Waals surface area contributed by atoms with Crippen LogP contribution < -0.4 is 4.90 Å². The Kier molecular flexibility index (Phi) is 15.4. The van der Waals surface area contributed by atoms with Crippen LogP contribution in [0.1, 0.15) is 96.5 Å². The van der Waals surface area contributed by atoms with Crippen LogP contribution in [-0.4, -0.2) is 13.1 Å². The molecule has 0 atom stereocenters. The monoisotopic (exact) mass is 522 g/mol. The Hall–Kier alpha value is -3.95. The highest BCUT2D eigenvalue weighted by Crippen LogP contribution is 2.25. The first-order chi connectivity index (χ1) is 19.2. The second-order valence-electron chi connectivity index (χ2n) is 9.87. The number of allylic oxidation sites excluding steroid dienone is 2. The number of rotatable bonds is 18. The van der Waals surface area contributed by atoms with Crippen molar-refractivity contribution in [1.82, 2.24) is 0 Å². The van der Waals surface area contributed by atoms with Crippen molar-refractivity contribution >= 4 is 22.6 Å². The Morgan fingerprint density at radius 3 is 1.46 bits per heavy atom. The highest BCUT2D eigenvalue weighted by molar-refractivity contribution is 5.84. The molecule has 0 aliphatic rings. The van der Waals surface area contributed by atoms with E-state index in [1.165, 1.54) is 82.7 Å². The van der Waals surface area contributed by atoms with Gasteiger partial charge in [-0.2, -0.15) is 26.0 Å². The molecule has 2 rings (SSSR count). The summed E-state index contributed by atoms with van der Waals surface area (Å²) in [5, 5.41) is 36.1. The van der Waals surface area contributed by atoms with Gasteiger partial charge in [-0.1, -0.05) is 90.2 Å². The molecule has 0 aliphatic carbocycles. The van der Waals surface area contributed by atoms with Crippen LogP contribution in [0.5, 0.6) is 0 Å². The van der Waals surface area contributed by atoms with Crippen LogP contribution in [-0.2, 0) is 0 Å². The first-order valence-corrected chi connectivity index (χ1v) is 14.5. The number of unbranched alkanes of at least 4 members (excludes halogenated alkanes) is 10. The van der Waals surface area contributed by atoms with Gasteiger partial charge in [0, 0.05) is 18.8 Å². The molecule has 0 saturated carbocycles. The minimum Gasteiger partial charge on any atom is -0.372 e. The lowest BCUT2D eigenvalue weighted by Gasteiger charge is -2.25. The Bertz CT molecular complexity index is 1130. The molecule has 0 spiro atoms. The summed E-state index contributed by atoms with van der Waals surface area (Å²) >= 11 is 0. The highest BCUT2D eigenvalue weighted by Gasteiger charge is 2.09. The lowest BCUT2D eigenvalue weighted by molar-refractivity contribution is 0.575. The zero-order chi connectivity index (χ0) is 28.1. The average Bonchev–Trinajstić information content (AvgIpc) is 2.98. The quantitative estimate of drug-likeness (QED) is 0.110. The largest absolute Gasteiger partial charge is 0.372 e. The van der Waals surface area contributed by atoms with Crippen molar-refractivity contribution in [2.24, 2.45) is 10.2 Å². The van der Waals surface area contributed by atoms with Crippen molar-refractivity contribution < 1.29 is 0 Å². The van der Waals surface area contributed by atoms with E-state index >= 15 is 0 Å². The van der Waals surface area contributed by atoms with E-state index in [4.69, 9.17) is 10.5 Å². The average molecular weight is 523 g/mol. The van der Waals surface area contributed by atoms with Gasteiger partial charge >= 0.3 is 0 Å². The number of azo groups is 1. The molecule has 0 aromatic heterocycles. The van der Waals surface area contributed by atoms with E-state index in [1.807, 2.05) is 18.2 Å². The fraction of sp³-hybridized carbons (Fsp3) is 0.485. The number of anilines is 1. The molecule has 0 amide bonds. The maximum absolute atomic E-state index is 9.32. The van der Waals surface area contributed by atoms with E-state index in [1.54, 1.807) is 36.4 Å². The van der Waals surface area contributed by atoms with Crippen LogP contribution in [0.2, 0.25) is 0 Å². The fourth-order valence-corrected chi connectivity index (χ4v) is 4.48. The molecule has 0 unspecified atom stereocenters. The van der Waals surface area contributed by atoms with Crippen LogP contribution in [0, 0.1) is 34.0 Å². The Morgan fingerprint density at radius 1 is 0.590 bits per heavy atom. The second kappa shape index (κ2) is 19.2. The van der Waals surface area contributed by atoms with Gasteiger partial charge in [0.2, 0.25) is 0 Å². The van der Waals surface area contributed by atoms with Gasteiger partial charge in [0.05, 0.1) is 16.9 Å². The smallest absolute Gasteiger partial charge is 0.148 e. The van der Waals surface area contributed by atoms with Crippen molar-refractivity contribution in [2.75, 3.05) is 18.0 Å². The van der Waals surface area contributed by atoms with Crippen molar-refractivity contribution in [3.63, 3.8) is 0 Å². The molecule has 6 nitrogen and oxygen atoms in total. The van der Waals surface area contributed by atoms with Gasteiger partial charge in [-0.3, -0.25) is 0 Å². The first kappa shape index (κ1) is 31.3. The third kappa shape index (κ3) is 11.5. The predicted octanol–water partition coefficient (Wildman–Crippen LogP) is 9.95. The van der Waals surface area contributed by atoms with E-state index in [2.05, 4.69) is 41.1 Å². The van der Waals surface area contributed by atoms with Gasteiger partial charge < -0.3 is 4.90 Å². The molecule has 2 aromatic rings. The number of nitriles is 3. The maximum Gasteiger partial charge on any atom is 0.148 e. The van der Waals surface area contributed by atoms with Gasteiger partial charge in [-0.15, -0.1) is 0 Å². The minimum atomic E-state index is -0.200. The second-order valence-corrected chi connectivity index (χ2v) is 9.87. The van der Waals surface area contributed by atoms with Crippen molar-refractivity contribution in [3.8, 4) is 18.2 Å². The zero-order valence-electron chi connectivity index (χ0n) is 23.7. The molecule has 0 heterocycles. The minimum absolute atomic E-state index is 0.0607. The first-order valence-electron chi connectivity index (χ1n) is 14.5. The predicted molar refractivity (Wildman–Crippen MR) is 160 cm³/mol. The van der Waals surface area contributed by atoms with Crippen LogP contribution in [0.4, 0.5) is 17.1 Å². The van der Waals surface area contributed by atoms with E-state index in [9.17, 15) is 5.26 Å². The fourth-order valence-electron chi connectivity index (χ4n) is 4.48. The third-order valence-corrected chi connectivity index (χ3v) is 6.80. The van der Waals surface area contributed by atoms with Crippen LogP contribution in [0.3, 0.4) is 0 Å². The summed E-state index contributed by atoms with van der Waals surface area (Å²) in [5.74, 6) is 0. The third-order valence-electron chi connectivity index (χ3n) is 6.80. The highest BCUT2D eigenvalue weighted by atomic mass is 15.1. The Morgan fingerprint density at radius 2 is 1.03 bits per heavy atom. The molecule has 0 fully saturated rings. The Labute approximate surface area is 235 Å². The SMILES string of the molecule is CCCCCCCCN(CCCCCCCC)c1ccc(N=Nc2ccc(C(C#N)=C(C#N)C#N)cc2)cc1. The van der Waals surface area contributed by atoms with Gasteiger partial charge in [-0.05, 0) is 54.8 Å².